The molecule has 0 aromatic heterocycles. The minimum Gasteiger partial charge on any atom is -0.326 e. The topological polar surface area (TPSA) is 29.3 Å². The van der Waals surface area contributed by atoms with Crippen molar-refractivity contribution in [2.75, 3.05) is 13.6 Å². The van der Waals surface area contributed by atoms with Gasteiger partial charge in [-0.2, -0.15) is 0 Å². The van der Waals surface area contributed by atoms with Gasteiger partial charge in [-0.3, -0.25) is 4.90 Å². The zero-order valence-corrected chi connectivity index (χ0v) is 12.7. The summed E-state index contributed by atoms with van der Waals surface area (Å²) < 4.78 is 0. The van der Waals surface area contributed by atoms with E-state index in [1.807, 2.05) is 12.1 Å². The number of nitrogens with zero attached hydrogens (tertiary/aromatic N) is 1. The molecule has 0 fully saturated rings. The van der Waals surface area contributed by atoms with E-state index >= 15 is 0 Å². The molecule has 1 aromatic carbocycles. The third kappa shape index (κ3) is 5.38. The van der Waals surface area contributed by atoms with Crippen molar-refractivity contribution in [3.8, 4) is 0 Å². The standard InChI is InChI=1S/C15H25ClN2/c1-12(13-6-8-14(16)9-7-13)18(4)11-5-10-15(2,3)17/h6-9,12H,5,10-11,17H2,1-4H3. The molecule has 0 spiro atoms. The summed E-state index contributed by atoms with van der Waals surface area (Å²) in [6, 6.07) is 8.49. The van der Waals surface area contributed by atoms with E-state index in [0.717, 1.165) is 24.4 Å². The van der Waals surface area contributed by atoms with Crippen LogP contribution >= 0.6 is 11.6 Å². The summed E-state index contributed by atoms with van der Waals surface area (Å²) in [7, 11) is 2.16. The van der Waals surface area contributed by atoms with Gasteiger partial charge in [0.05, 0.1) is 0 Å². The van der Waals surface area contributed by atoms with Gasteiger partial charge in [-0.05, 0) is 64.9 Å². The highest BCUT2D eigenvalue weighted by molar-refractivity contribution is 6.30. The van der Waals surface area contributed by atoms with Crippen LogP contribution in [0.25, 0.3) is 0 Å². The molecule has 0 bridgehead atoms. The largest absolute Gasteiger partial charge is 0.326 e. The molecule has 0 amide bonds. The average Bonchev–Trinajstić information content (AvgIpc) is 2.27. The summed E-state index contributed by atoms with van der Waals surface area (Å²) in [5.41, 5.74) is 7.23. The van der Waals surface area contributed by atoms with Crippen molar-refractivity contribution in [1.29, 1.82) is 0 Å². The molecule has 2 N–H and O–H groups in total. The molecule has 1 aromatic rings. The first kappa shape index (κ1) is 15.5. The maximum absolute atomic E-state index is 5.99. The molecule has 3 heteroatoms. The number of hydrogen-bond acceptors (Lipinski definition) is 2. The molecule has 0 saturated heterocycles. The monoisotopic (exact) mass is 268 g/mol. The molecule has 102 valence electrons. The number of rotatable bonds is 6. The number of halogens is 1. The van der Waals surface area contributed by atoms with E-state index < -0.39 is 0 Å². The lowest BCUT2D eigenvalue weighted by Gasteiger charge is -2.27. The molecule has 1 rings (SSSR count). The first-order chi connectivity index (χ1) is 8.29. The second-order valence-electron chi connectivity index (χ2n) is 5.80. The molecule has 1 atom stereocenters. The summed E-state index contributed by atoms with van der Waals surface area (Å²) in [5, 5.41) is 0.790. The predicted octanol–water partition coefficient (Wildman–Crippen LogP) is 3.85. The minimum absolute atomic E-state index is 0.0651. The molecule has 0 saturated carbocycles. The highest BCUT2D eigenvalue weighted by atomic mass is 35.5. The highest BCUT2D eigenvalue weighted by Crippen LogP contribution is 2.21. The third-order valence-electron chi connectivity index (χ3n) is 3.35. The maximum Gasteiger partial charge on any atom is 0.0406 e. The van der Waals surface area contributed by atoms with Gasteiger partial charge in [0.2, 0.25) is 0 Å². The molecule has 0 heterocycles. The van der Waals surface area contributed by atoms with E-state index in [2.05, 4.69) is 44.9 Å². The second-order valence-corrected chi connectivity index (χ2v) is 6.24. The quantitative estimate of drug-likeness (QED) is 0.849. The Hall–Kier alpha value is -0.570. The van der Waals surface area contributed by atoms with Crippen molar-refractivity contribution >= 4 is 11.6 Å². The van der Waals surface area contributed by atoms with Crippen LogP contribution in [0.2, 0.25) is 5.02 Å². The van der Waals surface area contributed by atoms with Crippen molar-refractivity contribution in [2.24, 2.45) is 5.73 Å². The summed E-state index contributed by atoms with van der Waals surface area (Å²) in [4.78, 5) is 2.36. The van der Waals surface area contributed by atoms with E-state index in [9.17, 15) is 0 Å². The first-order valence-corrected chi connectivity index (χ1v) is 6.92. The van der Waals surface area contributed by atoms with Crippen molar-refractivity contribution < 1.29 is 0 Å². The molecule has 0 aliphatic carbocycles. The van der Waals surface area contributed by atoms with E-state index in [1.54, 1.807) is 0 Å². The fourth-order valence-corrected chi connectivity index (χ4v) is 2.10. The van der Waals surface area contributed by atoms with Gasteiger partial charge >= 0.3 is 0 Å². The Morgan fingerprint density at radius 1 is 1.28 bits per heavy atom. The van der Waals surface area contributed by atoms with E-state index in [1.165, 1.54) is 5.56 Å². The highest BCUT2D eigenvalue weighted by Gasteiger charge is 2.14. The first-order valence-electron chi connectivity index (χ1n) is 6.54. The van der Waals surface area contributed by atoms with Crippen molar-refractivity contribution in [1.82, 2.24) is 4.90 Å². The zero-order valence-electron chi connectivity index (χ0n) is 11.9. The number of hydrogen-bond donors (Lipinski definition) is 1. The number of nitrogens with two attached hydrogens (primary N) is 1. The van der Waals surface area contributed by atoms with Crippen molar-refractivity contribution in [3.63, 3.8) is 0 Å². The van der Waals surface area contributed by atoms with E-state index in [4.69, 9.17) is 17.3 Å². The molecular formula is C15H25ClN2. The van der Waals surface area contributed by atoms with Crippen LogP contribution in [-0.2, 0) is 0 Å². The fraction of sp³-hybridized carbons (Fsp3) is 0.600. The lowest BCUT2D eigenvalue weighted by Crippen LogP contribution is -2.33. The molecule has 0 aliphatic heterocycles. The Labute approximate surface area is 116 Å². The van der Waals surface area contributed by atoms with Crippen molar-refractivity contribution in [2.45, 2.75) is 45.2 Å². The summed E-state index contributed by atoms with van der Waals surface area (Å²) in [5.74, 6) is 0. The van der Waals surface area contributed by atoms with Crippen LogP contribution in [0, 0.1) is 0 Å². The molecule has 0 radical (unpaired) electrons. The van der Waals surface area contributed by atoms with Crippen LogP contribution < -0.4 is 5.73 Å². The van der Waals surface area contributed by atoms with Crippen LogP contribution in [0.4, 0.5) is 0 Å². The summed E-state index contributed by atoms with van der Waals surface area (Å²) in [6.45, 7) is 7.44. The van der Waals surface area contributed by atoms with E-state index in [0.29, 0.717) is 6.04 Å². The van der Waals surface area contributed by atoms with Crippen LogP contribution in [0.1, 0.15) is 45.2 Å². The van der Waals surface area contributed by atoms with E-state index in [-0.39, 0.29) is 5.54 Å². The van der Waals surface area contributed by atoms with Gasteiger partial charge in [0.1, 0.15) is 0 Å². The van der Waals surface area contributed by atoms with Gasteiger partial charge in [0.15, 0.2) is 0 Å². The van der Waals surface area contributed by atoms with Gasteiger partial charge in [-0.15, -0.1) is 0 Å². The Bertz CT molecular complexity index is 354. The molecule has 0 aliphatic rings. The van der Waals surface area contributed by atoms with Gasteiger partial charge in [-0.1, -0.05) is 23.7 Å². The van der Waals surface area contributed by atoms with Crippen LogP contribution in [-0.4, -0.2) is 24.0 Å². The van der Waals surface area contributed by atoms with Gasteiger partial charge in [0.25, 0.3) is 0 Å². The summed E-state index contributed by atoms with van der Waals surface area (Å²) >= 11 is 5.90. The molecule has 18 heavy (non-hydrogen) atoms. The zero-order chi connectivity index (χ0) is 13.8. The van der Waals surface area contributed by atoms with Crippen LogP contribution in [0.5, 0.6) is 0 Å². The Morgan fingerprint density at radius 3 is 2.33 bits per heavy atom. The Kier molecular flexibility index (Phi) is 5.64. The molecular weight excluding hydrogens is 244 g/mol. The average molecular weight is 269 g/mol. The van der Waals surface area contributed by atoms with Gasteiger partial charge in [0, 0.05) is 16.6 Å². The van der Waals surface area contributed by atoms with Gasteiger partial charge in [-0.25, -0.2) is 0 Å². The maximum atomic E-state index is 5.99. The Balaban J connectivity index is 2.46. The normalized spacial score (nSPS) is 13.9. The van der Waals surface area contributed by atoms with Crippen LogP contribution in [0.3, 0.4) is 0 Å². The lowest BCUT2D eigenvalue weighted by atomic mass is 9.99. The third-order valence-corrected chi connectivity index (χ3v) is 3.60. The van der Waals surface area contributed by atoms with Crippen molar-refractivity contribution in [3.05, 3.63) is 34.9 Å². The smallest absolute Gasteiger partial charge is 0.0406 e. The predicted molar refractivity (Wildman–Crippen MR) is 80.0 cm³/mol. The number of benzene rings is 1. The molecule has 2 nitrogen and oxygen atoms in total. The second kappa shape index (κ2) is 6.55. The Morgan fingerprint density at radius 2 is 1.83 bits per heavy atom. The summed E-state index contributed by atoms with van der Waals surface area (Å²) in [6.07, 6.45) is 2.17. The lowest BCUT2D eigenvalue weighted by molar-refractivity contribution is 0.248. The van der Waals surface area contributed by atoms with Gasteiger partial charge < -0.3 is 5.73 Å². The SMILES string of the molecule is CC(c1ccc(Cl)cc1)N(C)CCCC(C)(C)N. The molecule has 1 unspecified atom stereocenters. The minimum atomic E-state index is -0.0651. The fourth-order valence-electron chi connectivity index (χ4n) is 1.97. The van der Waals surface area contributed by atoms with Crippen LogP contribution in [0.15, 0.2) is 24.3 Å².